The van der Waals surface area contributed by atoms with Crippen LogP contribution in [0.5, 0.6) is 0 Å². The largest absolute Gasteiger partial charge is 0.545 e. The van der Waals surface area contributed by atoms with Crippen LogP contribution in [0.15, 0.2) is 36.5 Å². The predicted molar refractivity (Wildman–Crippen MR) is 72.2 cm³/mol. The van der Waals surface area contributed by atoms with Crippen LogP contribution in [0.2, 0.25) is 0 Å². The van der Waals surface area contributed by atoms with Crippen molar-refractivity contribution < 1.29 is 9.90 Å². The van der Waals surface area contributed by atoms with Gasteiger partial charge in [-0.05, 0) is 19.4 Å². The van der Waals surface area contributed by atoms with E-state index < -0.39 is 5.97 Å². The molecule has 0 radical (unpaired) electrons. The van der Waals surface area contributed by atoms with E-state index in [1.165, 1.54) is 6.20 Å². The van der Waals surface area contributed by atoms with Crippen LogP contribution >= 0.6 is 0 Å². The Labute approximate surface area is 115 Å². The second kappa shape index (κ2) is 4.45. The molecule has 5 nitrogen and oxygen atoms in total. The van der Waals surface area contributed by atoms with Crippen molar-refractivity contribution in [3.63, 3.8) is 0 Å². The molecule has 0 N–H and O–H groups in total. The SMILES string of the molecule is Cc1nn2c(C)c(C(=O)[O-])cnc2c1-c1ccccc1. The smallest absolute Gasteiger partial charge is 0.163 e. The second-order valence-corrected chi connectivity index (χ2v) is 4.61. The zero-order valence-electron chi connectivity index (χ0n) is 11.1. The van der Waals surface area contributed by atoms with Gasteiger partial charge in [-0.1, -0.05) is 30.3 Å². The van der Waals surface area contributed by atoms with Crippen molar-refractivity contribution in [1.29, 1.82) is 0 Å². The minimum atomic E-state index is -1.24. The molecule has 2 aromatic heterocycles. The Balaban J connectivity index is 2.34. The summed E-state index contributed by atoms with van der Waals surface area (Å²) >= 11 is 0. The fourth-order valence-corrected chi connectivity index (χ4v) is 2.34. The molecule has 3 aromatic rings. The van der Waals surface area contributed by atoms with Crippen molar-refractivity contribution in [3.05, 3.63) is 53.5 Å². The highest BCUT2D eigenvalue weighted by atomic mass is 16.4. The number of carbonyl (C=O) groups excluding carboxylic acids is 1. The molecular weight excluding hydrogens is 254 g/mol. The second-order valence-electron chi connectivity index (χ2n) is 4.61. The lowest BCUT2D eigenvalue weighted by Gasteiger charge is -2.08. The average molecular weight is 266 g/mol. The Bertz CT molecular complexity index is 807. The third-order valence-electron chi connectivity index (χ3n) is 3.34. The van der Waals surface area contributed by atoms with Gasteiger partial charge in [-0.2, -0.15) is 5.10 Å². The van der Waals surface area contributed by atoms with Gasteiger partial charge in [0, 0.05) is 17.3 Å². The molecule has 0 atom stereocenters. The molecule has 0 saturated heterocycles. The lowest BCUT2D eigenvalue weighted by molar-refractivity contribution is -0.255. The number of carboxylic acid groups (broad SMARTS) is 1. The number of hydrogen-bond acceptors (Lipinski definition) is 4. The maximum Gasteiger partial charge on any atom is 0.163 e. The van der Waals surface area contributed by atoms with Crippen molar-refractivity contribution in [2.75, 3.05) is 0 Å². The van der Waals surface area contributed by atoms with Crippen LogP contribution in [0.1, 0.15) is 21.7 Å². The first-order valence-electron chi connectivity index (χ1n) is 6.21. The van der Waals surface area contributed by atoms with Gasteiger partial charge >= 0.3 is 0 Å². The maximum atomic E-state index is 11.0. The van der Waals surface area contributed by atoms with E-state index in [-0.39, 0.29) is 5.56 Å². The number of nitrogens with zero attached hydrogens (tertiary/aromatic N) is 3. The predicted octanol–water partition coefficient (Wildman–Crippen LogP) is 1.38. The highest BCUT2D eigenvalue weighted by Crippen LogP contribution is 2.27. The molecule has 0 fully saturated rings. The van der Waals surface area contributed by atoms with Gasteiger partial charge in [-0.25, -0.2) is 9.50 Å². The van der Waals surface area contributed by atoms with E-state index in [0.29, 0.717) is 11.3 Å². The minimum absolute atomic E-state index is 0.0552. The number of carbonyl (C=O) groups is 1. The van der Waals surface area contributed by atoms with Crippen molar-refractivity contribution in [3.8, 4) is 11.1 Å². The first-order valence-corrected chi connectivity index (χ1v) is 6.21. The van der Waals surface area contributed by atoms with E-state index in [4.69, 9.17) is 0 Å². The first-order chi connectivity index (χ1) is 9.59. The number of rotatable bonds is 2. The van der Waals surface area contributed by atoms with E-state index in [9.17, 15) is 9.90 Å². The summed E-state index contributed by atoms with van der Waals surface area (Å²) in [5.74, 6) is -1.24. The minimum Gasteiger partial charge on any atom is -0.545 e. The van der Waals surface area contributed by atoms with Gasteiger partial charge in [-0.3, -0.25) is 0 Å². The molecule has 1 aromatic carbocycles. The van der Waals surface area contributed by atoms with Crippen LogP contribution in [0.25, 0.3) is 16.8 Å². The molecule has 2 heterocycles. The highest BCUT2D eigenvalue weighted by Gasteiger charge is 2.15. The Morgan fingerprint density at radius 1 is 1.20 bits per heavy atom. The van der Waals surface area contributed by atoms with Gasteiger partial charge in [0.1, 0.15) is 0 Å². The van der Waals surface area contributed by atoms with Gasteiger partial charge in [0.25, 0.3) is 0 Å². The van der Waals surface area contributed by atoms with Gasteiger partial charge in [0.15, 0.2) is 5.65 Å². The van der Waals surface area contributed by atoms with Crippen molar-refractivity contribution >= 4 is 11.6 Å². The highest BCUT2D eigenvalue weighted by molar-refractivity contribution is 5.88. The van der Waals surface area contributed by atoms with Gasteiger partial charge in [0.05, 0.1) is 17.4 Å². The lowest BCUT2D eigenvalue weighted by atomic mass is 10.1. The molecule has 20 heavy (non-hydrogen) atoms. The standard InChI is InChI=1S/C15H13N3O2/c1-9-13(11-6-4-3-5-7-11)14-16-8-12(15(19)20)10(2)18(14)17-9/h3-8H,1-2H3,(H,19,20)/p-1. The number of aromatic carboxylic acids is 1. The molecule has 0 aliphatic rings. The van der Waals surface area contributed by atoms with E-state index in [2.05, 4.69) is 10.1 Å². The van der Waals surface area contributed by atoms with Gasteiger partial charge in [0.2, 0.25) is 0 Å². The van der Waals surface area contributed by atoms with E-state index in [1.807, 2.05) is 37.3 Å². The summed E-state index contributed by atoms with van der Waals surface area (Å²) in [5.41, 5.74) is 3.95. The number of aryl methyl sites for hydroxylation is 2. The molecule has 5 heteroatoms. The van der Waals surface area contributed by atoms with Crippen LogP contribution in [0.4, 0.5) is 0 Å². The summed E-state index contributed by atoms with van der Waals surface area (Å²) in [4.78, 5) is 15.3. The number of carboxylic acids is 1. The van der Waals surface area contributed by atoms with Crippen molar-refractivity contribution in [2.45, 2.75) is 13.8 Å². The van der Waals surface area contributed by atoms with Crippen molar-refractivity contribution in [2.24, 2.45) is 0 Å². The molecule has 0 bridgehead atoms. The number of hydrogen-bond donors (Lipinski definition) is 0. The summed E-state index contributed by atoms with van der Waals surface area (Å²) in [6.45, 7) is 3.58. The number of fused-ring (bicyclic) bond motifs is 1. The Morgan fingerprint density at radius 3 is 2.55 bits per heavy atom. The average Bonchev–Trinajstić information content (AvgIpc) is 2.77. The molecular formula is C15H12N3O2-. The third-order valence-corrected chi connectivity index (χ3v) is 3.34. The van der Waals surface area contributed by atoms with Crippen LogP contribution < -0.4 is 5.11 Å². The van der Waals surface area contributed by atoms with Crippen LogP contribution in [0.3, 0.4) is 0 Å². The van der Waals surface area contributed by atoms with Crippen molar-refractivity contribution in [1.82, 2.24) is 14.6 Å². The van der Waals surface area contributed by atoms with E-state index >= 15 is 0 Å². The first kappa shape index (κ1) is 12.3. The van der Waals surface area contributed by atoms with E-state index in [0.717, 1.165) is 16.8 Å². The summed E-state index contributed by atoms with van der Waals surface area (Å²) in [6.07, 6.45) is 1.33. The lowest BCUT2D eigenvalue weighted by Crippen LogP contribution is -2.24. The summed E-state index contributed by atoms with van der Waals surface area (Å²) in [5, 5.41) is 15.4. The van der Waals surface area contributed by atoms with Crippen LogP contribution in [-0.2, 0) is 0 Å². The molecule has 100 valence electrons. The maximum absolute atomic E-state index is 11.0. The number of aromatic nitrogens is 3. The fourth-order valence-electron chi connectivity index (χ4n) is 2.34. The molecule has 0 unspecified atom stereocenters. The molecule has 0 saturated carbocycles. The Morgan fingerprint density at radius 2 is 1.90 bits per heavy atom. The van der Waals surface area contributed by atoms with Gasteiger partial charge in [-0.15, -0.1) is 0 Å². The summed E-state index contributed by atoms with van der Waals surface area (Å²) in [7, 11) is 0. The fraction of sp³-hybridized carbons (Fsp3) is 0.133. The summed E-state index contributed by atoms with van der Waals surface area (Å²) < 4.78 is 1.56. The zero-order valence-corrected chi connectivity index (χ0v) is 11.1. The van der Waals surface area contributed by atoms with E-state index in [1.54, 1.807) is 11.4 Å². The molecule has 0 amide bonds. The number of benzene rings is 1. The molecule has 3 rings (SSSR count). The topological polar surface area (TPSA) is 70.3 Å². The Hall–Kier alpha value is -2.69. The van der Waals surface area contributed by atoms with Crippen LogP contribution in [-0.4, -0.2) is 20.6 Å². The molecule has 0 spiro atoms. The zero-order chi connectivity index (χ0) is 14.3. The van der Waals surface area contributed by atoms with Gasteiger partial charge < -0.3 is 9.90 Å². The molecule has 0 aliphatic heterocycles. The Kier molecular flexibility index (Phi) is 2.75. The summed E-state index contributed by atoms with van der Waals surface area (Å²) in [6, 6.07) is 9.79. The quantitative estimate of drug-likeness (QED) is 0.702. The normalized spacial score (nSPS) is 10.9. The molecule has 0 aliphatic carbocycles. The third kappa shape index (κ3) is 1.75. The van der Waals surface area contributed by atoms with Crippen LogP contribution in [0, 0.1) is 13.8 Å². The monoisotopic (exact) mass is 266 g/mol.